The molecule has 10 heteroatoms. The molecule has 154 valence electrons. The lowest BCUT2D eigenvalue weighted by Gasteiger charge is -2.30. The quantitative estimate of drug-likeness (QED) is 0.673. The molecular formula is C20H21N7O3. The van der Waals surface area contributed by atoms with Gasteiger partial charge in [-0.1, -0.05) is 5.16 Å². The minimum atomic E-state index is -0.196. The molecule has 1 aliphatic rings. The molecule has 10 nitrogen and oxygen atoms in total. The molecule has 1 fully saturated rings. The molecule has 3 aromatic rings. The second-order valence-corrected chi connectivity index (χ2v) is 7.11. The molecule has 1 aliphatic heterocycles. The van der Waals surface area contributed by atoms with Crippen LogP contribution in [-0.4, -0.2) is 49.9 Å². The average Bonchev–Trinajstić information content (AvgIpc) is 3.38. The van der Waals surface area contributed by atoms with E-state index in [0.717, 1.165) is 12.8 Å². The molecule has 0 aliphatic carbocycles. The van der Waals surface area contributed by atoms with Gasteiger partial charge in [0.05, 0.1) is 17.3 Å². The zero-order chi connectivity index (χ0) is 21.1. The zero-order valence-electron chi connectivity index (χ0n) is 16.5. The van der Waals surface area contributed by atoms with Gasteiger partial charge in [-0.25, -0.2) is 4.68 Å². The standard InChI is InChI=1S/C20H21N7O3/c1-13-23-18(25-30-13)12-29-19-9-17(20(28)26-8-2-3-15(22)11-26)24-27(19)16-6-4-14(10-21)5-7-16/h4-7,9,15H,2-3,8,11-12,22H2,1H3/t15-/m1/s1. The van der Waals surface area contributed by atoms with Gasteiger partial charge in [0.15, 0.2) is 12.3 Å². The highest BCUT2D eigenvalue weighted by atomic mass is 16.5. The molecule has 1 aromatic carbocycles. The van der Waals surface area contributed by atoms with Crippen molar-refractivity contribution in [3.8, 4) is 17.6 Å². The van der Waals surface area contributed by atoms with E-state index >= 15 is 0 Å². The molecule has 2 aromatic heterocycles. The second-order valence-electron chi connectivity index (χ2n) is 7.11. The molecule has 0 spiro atoms. The van der Waals surface area contributed by atoms with Crippen LogP contribution in [0.25, 0.3) is 5.69 Å². The fourth-order valence-electron chi connectivity index (χ4n) is 3.33. The second kappa shape index (κ2) is 8.34. The molecule has 0 bridgehead atoms. The smallest absolute Gasteiger partial charge is 0.274 e. The van der Waals surface area contributed by atoms with Gasteiger partial charge >= 0.3 is 0 Å². The van der Waals surface area contributed by atoms with Gasteiger partial charge in [-0.2, -0.15) is 15.3 Å². The third kappa shape index (κ3) is 4.16. The largest absolute Gasteiger partial charge is 0.469 e. The maximum atomic E-state index is 13.0. The summed E-state index contributed by atoms with van der Waals surface area (Å²) in [5.41, 5.74) is 7.45. The van der Waals surface area contributed by atoms with Crippen molar-refractivity contribution in [3.05, 3.63) is 53.3 Å². The summed E-state index contributed by atoms with van der Waals surface area (Å²) in [6.07, 6.45) is 1.77. The number of nitrogens with two attached hydrogens (primary N) is 1. The molecule has 1 atom stereocenters. The van der Waals surface area contributed by atoms with E-state index < -0.39 is 0 Å². The van der Waals surface area contributed by atoms with E-state index in [1.807, 2.05) is 0 Å². The first kappa shape index (κ1) is 19.6. The van der Waals surface area contributed by atoms with Gasteiger partial charge in [-0.05, 0) is 37.1 Å². The van der Waals surface area contributed by atoms with Crippen LogP contribution in [0.5, 0.6) is 5.88 Å². The Balaban J connectivity index is 1.63. The molecule has 1 saturated heterocycles. The van der Waals surface area contributed by atoms with Crippen LogP contribution in [0.15, 0.2) is 34.9 Å². The highest BCUT2D eigenvalue weighted by molar-refractivity contribution is 5.92. The Morgan fingerprint density at radius 3 is 2.87 bits per heavy atom. The molecule has 0 saturated carbocycles. The number of amides is 1. The van der Waals surface area contributed by atoms with Crippen LogP contribution >= 0.6 is 0 Å². The average molecular weight is 407 g/mol. The summed E-state index contributed by atoms with van der Waals surface area (Å²) in [6.45, 7) is 2.90. The number of carbonyl (C=O) groups excluding carboxylic acids is 1. The van der Waals surface area contributed by atoms with Crippen molar-refractivity contribution < 1.29 is 14.1 Å². The predicted molar refractivity (Wildman–Crippen MR) is 105 cm³/mol. The number of piperidine rings is 1. The first-order valence-electron chi connectivity index (χ1n) is 9.61. The minimum absolute atomic E-state index is 0.0273. The van der Waals surface area contributed by atoms with Crippen molar-refractivity contribution in [3.63, 3.8) is 0 Å². The number of rotatable bonds is 5. The van der Waals surface area contributed by atoms with Crippen LogP contribution in [0, 0.1) is 18.3 Å². The van der Waals surface area contributed by atoms with Gasteiger partial charge in [0, 0.05) is 32.1 Å². The maximum absolute atomic E-state index is 13.0. The van der Waals surface area contributed by atoms with Gasteiger partial charge in [0.2, 0.25) is 17.6 Å². The number of nitrogens with zero attached hydrogens (tertiary/aromatic N) is 6. The normalized spacial score (nSPS) is 16.3. The van der Waals surface area contributed by atoms with E-state index in [2.05, 4.69) is 21.3 Å². The Labute approximate surface area is 172 Å². The number of likely N-dealkylation sites (tertiary alicyclic amines) is 1. The number of benzene rings is 1. The van der Waals surface area contributed by atoms with Crippen LogP contribution in [0.4, 0.5) is 0 Å². The number of aryl methyl sites for hydroxylation is 1. The lowest BCUT2D eigenvalue weighted by molar-refractivity contribution is 0.0702. The zero-order valence-corrected chi connectivity index (χ0v) is 16.5. The van der Waals surface area contributed by atoms with Crippen molar-refractivity contribution >= 4 is 5.91 Å². The summed E-state index contributed by atoms with van der Waals surface area (Å²) in [5, 5.41) is 17.3. The van der Waals surface area contributed by atoms with E-state index in [1.54, 1.807) is 42.2 Å². The maximum Gasteiger partial charge on any atom is 0.274 e. The Hall–Kier alpha value is -3.71. The van der Waals surface area contributed by atoms with Gasteiger partial charge in [-0.3, -0.25) is 4.79 Å². The van der Waals surface area contributed by atoms with Crippen LogP contribution in [0.3, 0.4) is 0 Å². The van der Waals surface area contributed by atoms with Crippen LogP contribution in [0.1, 0.15) is 40.6 Å². The third-order valence-electron chi connectivity index (χ3n) is 4.80. The molecule has 3 heterocycles. The Bertz CT molecular complexity index is 1080. The molecule has 0 unspecified atom stereocenters. The van der Waals surface area contributed by atoms with E-state index in [4.69, 9.17) is 20.3 Å². The number of aromatic nitrogens is 4. The summed E-state index contributed by atoms with van der Waals surface area (Å²) in [4.78, 5) is 18.8. The number of hydrogen-bond acceptors (Lipinski definition) is 8. The third-order valence-corrected chi connectivity index (χ3v) is 4.80. The Kier molecular flexibility index (Phi) is 5.45. The summed E-state index contributed by atoms with van der Waals surface area (Å²) in [7, 11) is 0. The summed E-state index contributed by atoms with van der Waals surface area (Å²) >= 11 is 0. The minimum Gasteiger partial charge on any atom is -0.469 e. The molecule has 4 rings (SSSR count). The highest BCUT2D eigenvalue weighted by Gasteiger charge is 2.26. The number of carbonyl (C=O) groups is 1. The van der Waals surface area contributed by atoms with Crippen molar-refractivity contribution in [1.29, 1.82) is 5.26 Å². The summed E-state index contributed by atoms with van der Waals surface area (Å²) < 4.78 is 12.3. The van der Waals surface area contributed by atoms with Crippen molar-refractivity contribution in [2.24, 2.45) is 5.73 Å². The van der Waals surface area contributed by atoms with Gasteiger partial charge in [0.1, 0.15) is 0 Å². The SMILES string of the molecule is Cc1nc(COc2cc(C(=O)N3CCC[C@@H](N)C3)nn2-c2ccc(C#N)cc2)no1. The van der Waals surface area contributed by atoms with Crippen molar-refractivity contribution in [2.75, 3.05) is 13.1 Å². The van der Waals surface area contributed by atoms with Gasteiger partial charge in [0.25, 0.3) is 5.91 Å². The summed E-state index contributed by atoms with van der Waals surface area (Å²) in [6, 6.07) is 10.5. The van der Waals surface area contributed by atoms with Crippen LogP contribution < -0.4 is 10.5 Å². The number of hydrogen-bond donors (Lipinski definition) is 1. The van der Waals surface area contributed by atoms with Crippen molar-refractivity contribution in [1.82, 2.24) is 24.8 Å². The number of ether oxygens (including phenoxy) is 1. The van der Waals surface area contributed by atoms with Gasteiger partial charge < -0.3 is 19.9 Å². The molecule has 2 N–H and O–H groups in total. The van der Waals surface area contributed by atoms with Crippen LogP contribution in [-0.2, 0) is 6.61 Å². The topological polar surface area (TPSA) is 136 Å². The fourth-order valence-corrected chi connectivity index (χ4v) is 3.33. The molecular weight excluding hydrogens is 386 g/mol. The lowest BCUT2D eigenvalue weighted by Crippen LogP contribution is -2.45. The van der Waals surface area contributed by atoms with E-state index in [1.165, 1.54) is 4.68 Å². The molecule has 30 heavy (non-hydrogen) atoms. The van der Waals surface area contributed by atoms with E-state index in [0.29, 0.717) is 41.9 Å². The first-order chi connectivity index (χ1) is 14.5. The Morgan fingerprint density at radius 2 is 2.20 bits per heavy atom. The fraction of sp³-hybridized carbons (Fsp3) is 0.350. The molecule has 1 amide bonds. The van der Waals surface area contributed by atoms with E-state index in [-0.39, 0.29) is 24.2 Å². The predicted octanol–water partition coefficient (Wildman–Crippen LogP) is 1.58. The highest BCUT2D eigenvalue weighted by Crippen LogP contribution is 2.23. The van der Waals surface area contributed by atoms with Crippen LogP contribution in [0.2, 0.25) is 0 Å². The lowest BCUT2D eigenvalue weighted by atomic mass is 10.1. The van der Waals surface area contributed by atoms with Crippen molar-refractivity contribution in [2.45, 2.75) is 32.4 Å². The number of nitriles is 1. The molecule has 0 radical (unpaired) electrons. The Morgan fingerprint density at radius 1 is 1.40 bits per heavy atom. The van der Waals surface area contributed by atoms with Gasteiger partial charge in [-0.15, -0.1) is 0 Å². The van der Waals surface area contributed by atoms with E-state index in [9.17, 15) is 4.79 Å². The first-order valence-corrected chi connectivity index (χ1v) is 9.61. The monoisotopic (exact) mass is 407 g/mol. The summed E-state index contributed by atoms with van der Waals surface area (Å²) in [5.74, 6) is 0.978.